The minimum Gasteiger partial charge on any atom is -0.346 e. The number of piperidine rings is 1. The maximum absolute atomic E-state index is 12.9. The zero-order chi connectivity index (χ0) is 16.1. The molecule has 5 nitrogen and oxygen atoms in total. The lowest BCUT2D eigenvalue weighted by Crippen LogP contribution is -2.45. The molecule has 1 saturated heterocycles. The number of rotatable bonds is 5. The van der Waals surface area contributed by atoms with E-state index in [0.29, 0.717) is 19.5 Å². The second-order valence-corrected chi connectivity index (χ2v) is 5.83. The number of amides is 2. The Morgan fingerprint density at radius 3 is 2.64 bits per heavy atom. The van der Waals surface area contributed by atoms with Gasteiger partial charge < -0.3 is 9.80 Å². The molecule has 1 aliphatic heterocycles. The van der Waals surface area contributed by atoms with Crippen molar-refractivity contribution in [3.05, 3.63) is 30.1 Å². The quantitative estimate of drug-likeness (QED) is 0.838. The highest BCUT2D eigenvalue weighted by Gasteiger charge is 2.33. The largest absolute Gasteiger partial charge is 0.346 e. The smallest absolute Gasteiger partial charge is 0.226 e. The summed E-state index contributed by atoms with van der Waals surface area (Å²) >= 11 is 0. The van der Waals surface area contributed by atoms with Crippen molar-refractivity contribution < 1.29 is 9.59 Å². The van der Waals surface area contributed by atoms with Gasteiger partial charge in [0.2, 0.25) is 11.8 Å². The molecule has 2 heterocycles. The molecule has 2 rings (SSSR count). The third-order valence-corrected chi connectivity index (χ3v) is 4.49. The van der Waals surface area contributed by atoms with Crippen molar-refractivity contribution >= 4 is 11.8 Å². The van der Waals surface area contributed by atoms with Crippen LogP contribution in [0.25, 0.3) is 0 Å². The summed E-state index contributed by atoms with van der Waals surface area (Å²) in [6.07, 6.45) is 5.46. The highest BCUT2D eigenvalue weighted by atomic mass is 16.2. The second kappa shape index (κ2) is 7.38. The summed E-state index contributed by atoms with van der Waals surface area (Å²) in [6, 6.07) is 3.98. The molecule has 0 N–H and O–H groups in total. The summed E-state index contributed by atoms with van der Waals surface area (Å²) in [6.45, 7) is 5.40. The number of aromatic nitrogens is 1. The minimum absolute atomic E-state index is 0.0512. The monoisotopic (exact) mass is 303 g/mol. The molecule has 0 saturated carbocycles. The molecular formula is C17H25N3O2. The lowest BCUT2D eigenvalue weighted by Gasteiger charge is -2.36. The lowest BCUT2D eigenvalue weighted by molar-refractivity contribution is -0.146. The van der Waals surface area contributed by atoms with Gasteiger partial charge in [-0.2, -0.15) is 0 Å². The molecule has 0 aromatic carbocycles. The molecular weight excluding hydrogens is 278 g/mol. The fraction of sp³-hybridized carbons (Fsp3) is 0.588. The molecule has 2 amide bonds. The number of likely N-dealkylation sites (tertiary alicyclic amines) is 1. The van der Waals surface area contributed by atoms with Crippen LogP contribution >= 0.6 is 0 Å². The number of carbonyl (C=O) groups excluding carboxylic acids is 2. The number of hydrogen-bond acceptors (Lipinski definition) is 3. The van der Waals surface area contributed by atoms with Gasteiger partial charge in [0, 0.05) is 44.9 Å². The average Bonchev–Trinajstić information content (AvgIpc) is 2.55. The normalized spacial score (nSPS) is 19.9. The van der Waals surface area contributed by atoms with Crippen molar-refractivity contribution in [2.45, 2.75) is 39.2 Å². The number of hydrogen-bond donors (Lipinski definition) is 0. The molecule has 0 radical (unpaired) electrons. The molecule has 1 aromatic heterocycles. The van der Waals surface area contributed by atoms with Crippen LogP contribution < -0.4 is 0 Å². The molecule has 22 heavy (non-hydrogen) atoms. The van der Waals surface area contributed by atoms with Crippen LogP contribution in [0.1, 0.15) is 44.7 Å². The van der Waals surface area contributed by atoms with Gasteiger partial charge in [-0.1, -0.05) is 6.92 Å². The maximum Gasteiger partial charge on any atom is 0.226 e. The predicted octanol–water partition coefficient (Wildman–Crippen LogP) is 2.25. The molecule has 2 atom stereocenters. The molecule has 5 heteroatoms. The van der Waals surface area contributed by atoms with Crippen molar-refractivity contribution in [1.82, 2.24) is 14.8 Å². The van der Waals surface area contributed by atoms with E-state index in [1.54, 1.807) is 24.3 Å². The number of carbonyl (C=O) groups is 2. The SMILES string of the molecule is CC[C@@H](c1ccncc1)N(CC)C(=O)[C@@H]1CCN(C)C(=O)C1. The zero-order valence-electron chi connectivity index (χ0n) is 13.7. The molecule has 0 bridgehead atoms. The fourth-order valence-electron chi connectivity index (χ4n) is 3.14. The zero-order valence-corrected chi connectivity index (χ0v) is 13.7. The first-order valence-corrected chi connectivity index (χ1v) is 8.02. The van der Waals surface area contributed by atoms with Crippen LogP contribution in [-0.2, 0) is 9.59 Å². The van der Waals surface area contributed by atoms with E-state index in [1.807, 2.05) is 24.0 Å². The minimum atomic E-state index is -0.181. The van der Waals surface area contributed by atoms with Gasteiger partial charge in [0.1, 0.15) is 0 Å². The van der Waals surface area contributed by atoms with Crippen LogP contribution in [0.15, 0.2) is 24.5 Å². The van der Waals surface area contributed by atoms with E-state index in [1.165, 1.54) is 0 Å². The van der Waals surface area contributed by atoms with E-state index in [-0.39, 0.29) is 23.8 Å². The Labute approximate surface area is 132 Å². The third kappa shape index (κ3) is 3.46. The van der Waals surface area contributed by atoms with Crippen molar-refractivity contribution in [1.29, 1.82) is 0 Å². The Morgan fingerprint density at radius 2 is 2.09 bits per heavy atom. The van der Waals surface area contributed by atoms with Crippen LogP contribution in [0.2, 0.25) is 0 Å². The van der Waals surface area contributed by atoms with Crippen molar-refractivity contribution in [3.8, 4) is 0 Å². The summed E-state index contributed by atoms with van der Waals surface area (Å²) in [4.78, 5) is 32.4. The fourth-order valence-corrected chi connectivity index (χ4v) is 3.14. The van der Waals surface area contributed by atoms with Gasteiger partial charge in [0.15, 0.2) is 0 Å². The van der Waals surface area contributed by atoms with Gasteiger partial charge in [-0.25, -0.2) is 0 Å². The summed E-state index contributed by atoms with van der Waals surface area (Å²) in [5, 5.41) is 0. The Morgan fingerprint density at radius 1 is 1.41 bits per heavy atom. The third-order valence-electron chi connectivity index (χ3n) is 4.49. The van der Waals surface area contributed by atoms with Gasteiger partial charge in [-0.15, -0.1) is 0 Å². The van der Waals surface area contributed by atoms with Crippen LogP contribution in [0.4, 0.5) is 0 Å². The Kier molecular flexibility index (Phi) is 5.52. The predicted molar refractivity (Wildman–Crippen MR) is 85.0 cm³/mol. The Bertz CT molecular complexity index is 518. The maximum atomic E-state index is 12.9. The first-order chi connectivity index (χ1) is 10.6. The topological polar surface area (TPSA) is 53.5 Å². The molecule has 1 fully saturated rings. The van der Waals surface area contributed by atoms with E-state index in [0.717, 1.165) is 18.4 Å². The van der Waals surface area contributed by atoms with Crippen molar-refractivity contribution in [2.24, 2.45) is 5.92 Å². The first kappa shape index (κ1) is 16.5. The lowest BCUT2D eigenvalue weighted by atomic mass is 9.93. The van der Waals surface area contributed by atoms with Crippen molar-refractivity contribution in [2.75, 3.05) is 20.1 Å². The van der Waals surface area contributed by atoms with Crippen LogP contribution in [0.3, 0.4) is 0 Å². The molecule has 0 spiro atoms. The number of nitrogens with zero attached hydrogens (tertiary/aromatic N) is 3. The highest BCUT2D eigenvalue weighted by Crippen LogP contribution is 2.28. The first-order valence-electron chi connectivity index (χ1n) is 8.02. The summed E-state index contributed by atoms with van der Waals surface area (Å²) in [7, 11) is 1.80. The van der Waals surface area contributed by atoms with Crippen molar-refractivity contribution in [3.63, 3.8) is 0 Å². The van der Waals surface area contributed by atoms with Gasteiger partial charge in [0.05, 0.1) is 6.04 Å². The Hall–Kier alpha value is -1.91. The second-order valence-electron chi connectivity index (χ2n) is 5.83. The van der Waals surface area contributed by atoms with Gasteiger partial charge >= 0.3 is 0 Å². The molecule has 120 valence electrons. The molecule has 1 aromatic rings. The van der Waals surface area contributed by atoms with E-state index in [2.05, 4.69) is 11.9 Å². The van der Waals surface area contributed by atoms with Gasteiger partial charge in [-0.3, -0.25) is 14.6 Å². The van der Waals surface area contributed by atoms with E-state index >= 15 is 0 Å². The number of pyridine rings is 1. The summed E-state index contributed by atoms with van der Waals surface area (Å²) < 4.78 is 0. The summed E-state index contributed by atoms with van der Waals surface area (Å²) in [5.74, 6) is -0.00948. The Balaban J connectivity index is 2.16. The van der Waals surface area contributed by atoms with E-state index in [9.17, 15) is 9.59 Å². The van der Waals surface area contributed by atoms with E-state index < -0.39 is 0 Å². The van der Waals surface area contributed by atoms with Crippen LogP contribution in [-0.4, -0.2) is 46.7 Å². The van der Waals surface area contributed by atoms with Gasteiger partial charge in [0.25, 0.3) is 0 Å². The van der Waals surface area contributed by atoms with Gasteiger partial charge in [-0.05, 0) is 37.5 Å². The molecule has 0 unspecified atom stereocenters. The van der Waals surface area contributed by atoms with Crippen LogP contribution in [0.5, 0.6) is 0 Å². The average molecular weight is 303 g/mol. The highest BCUT2D eigenvalue weighted by molar-refractivity contribution is 5.87. The standard InChI is InChI=1S/C17H25N3O2/c1-4-15(13-6-9-18-10-7-13)20(5-2)17(22)14-8-11-19(3)16(21)12-14/h6-7,9-10,14-15H,4-5,8,11-12H2,1-3H3/t14-,15+/m1/s1. The summed E-state index contributed by atoms with van der Waals surface area (Å²) in [5.41, 5.74) is 1.10. The molecule has 1 aliphatic rings. The van der Waals surface area contributed by atoms with Crippen LogP contribution in [0, 0.1) is 5.92 Å². The molecule has 0 aliphatic carbocycles. The van der Waals surface area contributed by atoms with E-state index in [4.69, 9.17) is 0 Å².